The third-order valence-electron chi connectivity index (χ3n) is 11.4. The van der Waals surface area contributed by atoms with Crippen molar-refractivity contribution < 1.29 is 52.7 Å². The molecule has 0 aliphatic carbocycles. The van der Waals surface area contributed by atoms with Crippen molar-refractivity contribution in [3.8, 4) is 0 Å². The fourth-order valence-electron chi connectivity index (χ4n) is 8.40. The van der Waals surface area contributed by atoms with Crippen LogP contribution in [0.1, 0.15) is 80.2 Å². The summed E-state index contributed by atoms with van der Waals surface area (Å²) in [5.74, 6) is -4.66. The minimum absolute atomic E-state index is 0.110. The summed E-state index contributed by atoms with van der Waals surface area (Å²) in [6.07, 6.45) is -2.20. The number of carbonyl (C=O) groups is 4. The maximum atomic E-state index is 14.2. The lowest BCUT2D eigenvalue weighted by Gasteiger charge is -2.48. The van der Waals surface area contributed by atoms with Crippen LogP contribution in [0.5, 0.6) is 0 Å². The molecule has 3 fully saturated rings. The van der Waals surface area contributed by atoms with Crippen molar-refractivity contribution in [2.75, 3.05) is 21.2 Å². The van der Waals surface area contributed by atoms with Crippen LogP contribution in [-0.4, -0.2) is 120 Å². The largest absolute Gasteiger partial charge is 0.461 e. The number of fused-ring (bicyclic) bond motifs is 1. The molecule has 4 rings (SSSR count). The molecule has 1 aromatic heterocycles. The molecule has 0 unspecified atom stereocenters. The number of aliphatic hydroxyl groups is 1. The zero-order chi connectivity index (χ0) is 38.7. The Kier molecular flexibility index (Phi) is 13.5. The highest BCUT2D eigenvalue weighted by molar-refractivity contribution is 5.85. The maximum Gasteiger partial charge on any atom is 0.408 e. The van der Waals surface area contributed by atoms with Crippen molar-refractivity contribution in [1.29, 1.82) is 0 Å². The molecule has 292 valence electrons. The Bertz CT molecular complexity index is 1410. The molecule has 52 heavy (non-hydrogen) atoms. The molecule has 1 amide bonds. The lowest BCUT2D eigenvalue weighted by molar-refractivity contribution is -0.301. The fraction of sp³-hybridized carbons (Fsp3) is 0.763. The summed E-state index contributed by atoms with van der Waals surface area (Å²) in [7, 11) is 5.25. The van der Waals surface area contributed by atoms with Gasteiger partial charge in [0.05, 0.1) is 36.2 Å². The highest BCUT2D eigenvalue weighted by Gasteiger charge is 2.57. The smallest absolute Gasteiger partial charge is 0.408 e. The number of likely N-dealkylation sites (N-methyl/N-ethyl adjacent to an activating group) is 1. The second kappa shape index (κ2) is 16.9. The van der Waals surface area contributed by atoms with Crippen LogP contribution >= 0.6 is 0 Å². The van der Waals surface area contributed by atoms with Gasteiger partial charge in [-0.25, -0.2) is 4.79 Å². The molecular weight excluding hydrogens is 674 g/mol. The zero-order valence-electron chi connectivity index (χ0n) is 32.5. The highest BCUT2D eigenvalue weighted by Crippen LogP contribution is 2.41. The number of rotatable bonds is 8. The average molecular weight is 734 g/mol. The van der Waals surface area contributed by atoms with Gasteiger partial charge in [-0.3, -0.25) is 19.4 Å². The summed E-state index contributed by atoms with van der Waals surface area (Å²) in [5, 5.41) is 14.3. The fourth-order valence-corrected chi connectivity index (χ4v) is 8.40. The first kappa shape index (κ1) is 41.6. The molecule has 0 bridgehead atoms. The average Bonchev–Trinajstić information content (AvgIpc) is 3.42. The van der Waals surface area contributed by atoms with E-state index in [1.165, 1.54) is 7.11 Å². The molecule has 4 heterocycles. The van der Waals surface area contributed by atoms with Crippen molar-refractivity contribution >= 4 is 23.8 Å². The molecule has 3 aliphatic rings. The van der Waals surface area contributed by atoms with Gasteiger partial charge >= 0.3 is 18.0 Å². The molecule has 3 saturated heterocycles. The van der Waals surface area contributed by atoms with Crippen LogP contribution in [0.2, 0.25) is 0 Å². The monoisotopic (exact) mass is 733 g/mol. The van der Waals surface area contributed by atoms with E-state index < -0.39 is 89.7 Å². The number of carbonyl (C=O) groups excluding carboxylic acids is 4. The molecule has 0 radical (unpaired) electrons. The van der Waals surface area contributed by atoms with Gasteiger partial charge in [0.25, 0.3) is 0 Å². The molecule has 14 nitrogen and oxygen atoms in total. The van der Waals surface area contributed by atoms with Gasteiger partial charge in [0, 0.05) is 43.3 Å². The molecule has 1 aromatic rings. The van der Waals surface area contributed by atoms with Gasteiger partial charge in [-0.05, 0) is 72.7 Å². The Balaban J connectivity index is 1.84. The molecule has 14 heteroatoms. The first-order valence-corrected chi connectivity index (χ1v) is 18.4. The number of hydrogen-bond donors (Lipinski definition) is 2. The quantitative estimate of drug-likeness (QED) is 0.294. The van der Waals surface area contributed by atoms with E-state index in [1.807, 2.05) is 25.9 Å². The maximum absolute atomic E-state index is 14.2. The Morgan fingerprint density at radius 3 is 2.40 bits per heavy atom. The van der Waals surface area contributed by atoms with Gasteiger partial charge in [-0.15, -0.1) is 0 Å². The Hall–Kier alpha value is -3.17. The molecule has 0 spiro atoms. The number of ketones is 1. The van der Waals surface area contributed by atoms with Gasteiger partial charge < -0.3 is 43.7 Å². The van der Waals surface area contributed by atoms with Gasteiger partial charge in [0.2, 0.25) is 0 Å². The molecule has 0 saturated carbocycles. The van der Waals surface area contributed by atoms with E-state index in [-0.39, 0.29) is 37.2 Å². The van der Waals surface area contributed by atoms with E-state index >= 15 is 0 Å². The SMILES string of the molecule is CC[C@H]1OC(=O)[C@H](C)[C@@H](OC(=O)Cc2cccnc2)[C@H](C)[C@@H](O[C@@H]2O[C@H](C)C[C@H](N(C)C)[C@H]2O)[C@@](C)(OC)C[C@@H](C)C(=O)[C@H](C)[C@H]2NC(=O)O[C@@]21C. The number of pyridine rings is 1. The van der Waals surface area contributed by atoms with Crippen molar-refractivity contribution in [2.45, 2.75) is 141 Å². The Labute approximate surface area is 307 Å². The van der Waals surface area contributed by atoms with Gasteiger partial charge in [0.1, 0.15) is 24.1 Å². The van der Waals surface area contributed by atoms with E-state index in [1.54, 1.807) is 73.0 Å². The summed E-state index contributed by atoms with van der Waals surface area (Å²) >= 11 is 0. The van der Waals surface area contributed by atoms with Crippen LogP contribution in [0, 0.1) is 23.7 Å². The van der Waals surface area contributed by atoms with E-state index in [4.69, 9.17) is 28.4 Å². The normalized spacial score (nSPS) is 40.6. The number of amides is 1. The van der Waals surface area contributed by atoms with Crippen LogP contribution in [0.3, 0.4) is 0 Å². The predicted molar refractivity (Wildman–Crippen MR) is 189 cm³/mol. The van der Waals surface area contributed by atoms with Crippen LogP contribution < -0.4 is 5.32 Å². The van der Waals surface area contributed by atoms with Crippen LogP contribution in [-0.2, 0) is 49.2 Å². The lowest BCUT2D eigenvalue weighted by Crippen LogP contribution is -2.61. The minimum atomic E-state index is -1.37. The van der Waals surface area contributed by atoms with Crippen LogP contribution in [0.15, 0.2) is 24.5 Å². The third kappa shape index (κ3) is 8.78. The number of nitrogens with zero attached hydrogens (tertiary/aromatic N) is 2. The number of Topliss-reactive ketones (excluding diaryl/α,β-unsaturated/α-hetero) is 1. The van der Waals surface area contributed by atoms with Crippen molar-refractivity contribution in [1.82, 2.24) is 15.2 Å². The molecule has 3 aliphatic heterocycles. The standard InChI is InChI=1S/C38H59N3O11/c1-12-27-38(8)32(40-36(46)52-38)22(4)29(43)20(2)18-37(7,47-11)33(51-35-30(44)26(41(9)10)16-21(3)48-35)23(5)31(24(6)34(45)49-27)50-28(42)17-25-14-13-15-39-19-25/h13-15,19-24,26-27,30-33,35,44H,12,16-18H2,1-11H3,(H,40,46)/t20-,21-,22+,23+,24-,26+,27-,30-,31+,32-,33-,35+,37+,38-/m1/s1. The predicted octanol–water partition coefficient (Wildman–Crippen LogP) is 3.46. The number of nitrogens with one attached hydrogen (secondary N) is 1. The number of esters is 2. The summed E-state index contributed by atoms with van der Waals surface area (Å²) < 4.78 is 37.3. The van der Waals surface area contributed by atoms with Gasteiger partial charge in [-0.1, -0.05) is 33.8 Å². The lowest BCUT2D eigenvalue weighted by atomic mass is 9.73. The van der Waals surface area contributed by atoms with Crippen LogP contribution in [0.25, 0.3) is 0 Å². The number of aromatic nitrogens is 1. The molecule has 14 atom stereocenters. The second-order valence-electron chi connectivity index (χ2n) is 15.6. The Morgan fingerprint density at radius 2 is 1.81 bits per heavy atom. The third-order valence-corrected chi connectivity index (χ3v) is 11.4. The summed E-state index contributed by atoms with van der Waals surface area (Å²) in [6.45, 7) is 14.1. The van der Waals surface area contributed by atoms with Crippen molar-refractivity contribution in [3.05, 3.63) is 30.1 Å². The van der Waals surface area contributed by atoms with E-state index in [0.29, 0.717) is 12.0 Å². The van der Waals surface area contributed by atoms with Crippen molar-refractivity contribution in [3.63, 3.8) is 0 Å². The topological polar surface area (TPSA) is 172 Å². The Morgan fingerprint density at radius 1 is 1.12 bits per heavy atom. The van der Waals surface area contributed by atoms with E-state index in [0.717, 1.165) is 0 Å². The highest BCUT2D eigenvalue weighted by atomic mass is 16.7. The number of ether oxygens (including phenoxy) is 6. The second-order valence-corrected chi connectivity index (χ2v) is 15.6. The van der Waals surface area contributed by atoms with E-state index in [9.17, 15) is 24.3 Å². The summed E-state index contributed by atoms with van der Waals surface area (Å²) in [4.78, 5) is 60.8. The number of methoxy groups -OCH3 is 1. The van der Waals surface area contributed by atoms with Crippen LogP contribution in [0.4, 0.5) is 4.79 Å². The molecule has 2 N–H and O–H groups in total. The van der Waals surface area contributed by atoms with Crippen molar-refractivity contribution in [2.24, 2.45) is 23.7 Å². The number of cyclic esters (lactones) is 1. The van der Waals surface area contributed by atoms with Gasteiger partial charge in [-0.2, -0.15) is 0 Å². The first-order chi connectivity index (χ1) is 24.4. The first-order valence-electron chi connectivity index (χ1n) is 18.4. The minimum Gasteiger partial charge on any atom is -0.461 e. The molecule has 0 aromatic carbocycles. The van der Waals surface area contributed by atoms with E-state index in [2.05, 4.69) is 10.3 Å². The summed E-state index contributed by atoms with van der Waals surface area (Å²) in [5.41, 5.74) is -2.00. The zero-order valence-corrected chi connectivity index (χ0v) is 32.5. The number of aliphatic hydroxyl groups excluding tert-OH is 1. The molecular formula is C38H59N3O11. The number of hydrogen-bond acceptors (Lipinski definition) is 13. The number of alkyl carbamates (subject to hydrolysis) is 1. The van der Waals surface area contributed by atoms with Gasteiger partial charge in [0.15, 0.2) is 11.9 Å². The summed E-state index contributed by atoms with van der Waals surface area (Å²) in [6, 6.07) is 2.36.